The van der Waals surface area contributed by atoms with Gasteiger partial charge in [0.1, 0.15) is 12.2 Å². The lowest BCUT2D eigenvalue weighted by molar-refractivity contribution is 0.0781. The first-order chi connectivity index (χ1) is 10.2. The molecule has 0 aliphatic carbocycles. The zero-order chi connectivity index (χ0) is 14.7. The fourth-order valence-corrected chi connectivity index (χ4v) is 2.00. The molecule has 3 rings (SSSR count). The molecule has 1 N–H and O–H groups in total. The minimum atomic E-state index is -0.0709. The third kappa shape index (κ3) is 2.81. The highest BCUT2D eigenvalue weighted by molar-refractivity contribution is 5.94. The Morgan fingerprint density at radius 2 is 2.14 bits per heavy atom. The van der Waals surface area contributed by atoms with Crippen LogP contribution in [0, 0.1) is 0 Å². The fraction of sp³-hybridized carbons (Fsp3) is 0.143. The molecule has 2 heterocycles. The van der Waals surface area contributed by atoms with Gasteiger partial charge in [-0.2, -0.15) is 10.2 Å². The van der Waals surface area contributed by atoms with Crippen LogP contribution in [-0.2, 0) is 6.54 Å². The molecule has 0 saturated heterocycles. The van der Waals surface area contributed by atoms with E-state index in [1.165, 1.54) is 6.33 Å². The molecule has 3 aromatic rings. The number of hydrogen-bond acceptors (Lipinski definition) is 4. The summed E-state index contributed by atoms with van der Waals surface area (Å²) in [5.74, 6) is 0.581. The Bertz CT molecular complexity index is 703. The standard InChI is InChI=1S/C14H14N6O/c1-19(9-13-15-10-16-18-13)14(21)11-3-5-12(6-4-11)20-8-2-7-17-20/h2-8,10H,9H2,1H3,(H,15,16,18). The lowest BCUT2D eigenvalue weighted by Gasteiger charge is -2.15. The summed E-state index contributed by atoms with van der Waals surface area (Å²) in [6.45, 7) is 0.389. The molecule has 1 amide bonds. The Morgan fingerprint density at radius 1 is 1.33 bits per heavy atom. The van der Waals surface area contributed by atoms with Crippen molar-refractivity contribution < 1.29 is 4.79 Å². The van der Waals surface area contributed by atoms with Crippen molar-refractivity contribution in [2.24, 2.45) is 0 Å². The Balaban J connectivity index is 1.72. The smallest absolute Gasteiger partial charge is 0.254 e. The first-order valence-corrected chi connectivity index (χ1v) is 6.44. The maximum atomic E-state index is 12.3. The van der Waals surface area contributed by atoms with Crippen LogP contribution in [-0.4, -0.2) is 42.8 Å². The summed E-state index contributed by atoms with van der Waals surface area (Å²) in [5.41, 5.74) is 1.53. The summed E-state index contributed by atoms with van der Waals surface area (Å²) in [7, 11) is 1.73. The predicted octanol–water partition coefficient (Wildman–Crippen LogP) is 1.26. The molecule has 0 saturated carbocycles. The molecular weight excluding hydrogens is 268 g/mol. The van der Waals surface area contributed by atoms with Crippen LogP contribution in [0.2, 0.25) is 0 Å². The zero-order valence-corrected chi connectivity index (χ0v) is 11.5. The van der Waals surface area contributed by atoms with Gasteiger partial charge >= 0.3 is 0 Å². The SMILES string of the molecule is CN(Cc1ncn[nH]1)C(=O)c1ccc(-n2cccn2)cc1. The lowest BCUT2D eigenvalue weighted by Crippen LogP contribution is -2.26. The topological polar surface area (TPSA) is 79.7 Å². The van der Waals surface area contributed by atoms with Crippen LogP contribution in [0.3, 0.4) is 0 Å². The number of nitrogens with one attached hydrogen (secondary N) is 1. The van der Waals surface area contributed by atoms with Crippen molar-refractivity contribution in [2.75, 3.05) is 7.05 Å². The van der Waals surface area contributed by atoms with E-state index in [2.05, 4.69) is 20.3 Å². The highest BCUT2D eigenvalue weighted by atomic mass is 16.2. The third-order valence-electron chi connectivity index (χ3n) is 3.08. The Hall–Kier alpha value is -2.96. The van der Waals surface area contributed by atoms with Gasteiger partial charge in [0.15, 0.2) is 0 Å². The van der Waals surface area contributed by atoms with Crippen molar-refractivity contribution in [1.29, 1.82) is 0 Å². The van der Waals surface area contributed by atoms with Gasteiger partial charge in [-0.15, -0.1) is 0 Å². The first-order valence-electron chi connectivity index (χ1n) is 6.44. The van der Waals surface area contributed by atoms with Crippen molar-refractivity contribution in [1.82, 2.24) is 29.9 Å². The molecule has 7 nitrogen and oxygen atoms in total. The van der Waals surface area contributed by atoms with Crippen molar-refractivity contribution in [3.63, 3.8) is 0 Å². The molecule has 2 aromatic heterocycles. The molecule has 0 unspecified atom stereocenters. The summed E-state index contributed by atoms with van der Waals surface area (Å²) in [5, 5.41) is 10.6. The minimum absolute atomic E-state index is 0.0709. The van der Waals surface area contributed by atoms with E-state index < -0.39 is 0 Å². The molecule has 0 fully saturated rings. The lowest BCUT2D eigenvalue weighted by atomic mass is 10.2. The summed E-state index contributed by atoms with van der Waals surface area (Å²) in [4.78, 5) is 17.9. The normalized spacial score (nSPS) is 10.5. The second kappa shape index (κ2) is 5.58. The van der Waals surface area contributed by atoms with E-state index in [0.717, 1.165) is 5.69 Å². The van der Waals surface area contributed by atoms with Crippen molar-refractivity contribution in [3.8, 4) is 5.69 Å². The van der Waals surface area contributed by atoms with Gasteiger partial charge in [0.25, 0.3) is 5.91 Å². The number of aromatic amines is 1. The summed E-state index contributed by atoms with van der Waals surface area (Å²) in [6, 6.07) is 9.15. The second-order valence-electron chi connectivity index (χ2n) is 4.59. The molecule has 106 valence electrons. The van der Waals surface area contributed by atoms with E-state index in [1.807, 2.05) is 24.4 Å². The van der Waals surface area contributed by atoms with Crippen LogP contribution in [0.4, 0.5) is 0 Å². The van der Waals surface area contributed by atoms with Crippen LogP contribution in [0.25, 0.3) is 5.69 Å². The maximum Gasteiger partial charge on any atom is 0.254 e. The number of rotatable bonds is 4. The highest BCUT2D eigenvalue weighted by Gasteiger charge is 2.13. The average molecular weight is 282 g/mol. The van der Waals surface area contributed by atoms with E-state index in [1.54, 1.807) is 35.0 Å². The van der Waals surface area contributed by atoms with E-state index >= 15 is 0 Å². The fourth-order valence-electron chi connectivity index (χ4n) is 2.00. The number of hydrogen-bond donors (Lipinski definition) is 1. The molecule has 0 aliphatic heterocycles. The van der Waals surface area contributed by atoms with Crippen LogP contribution >= 0.6 is 0 Å². The summed E-state index contributed by atoms with van der Waals surface area (Å²) in [6.07, 6.45) is 4.99. The van der Waals surface area contributed by atoms with Crippen LogP contribution in [0.15, 0.2) is 49.1 Å². The average Bonchev–Trinajstić information content (AvgIpc) is 3.20. The van der Waals surface area contributed by atoms with Gasteiger partial charge in [-0.05, 0) is 30.3 Å². The van der Waals surface area contributed by atoms with Gasteiger partial charge in [0.2, 0.25) is 0 Å². The van der Waals surface area contributed by atoms with Gasteiger partial charge in [0.05, 0.1) is 12.2 Å². The molecule has 0 bridgehead atoms. The zero-order valence-electron chi connectivity index (χ0n) is 11.5. The van der Waals surface area contributed by atoms with Crippen LogP contribution < -0.4 is 0 Å². The highest BCUT2D eigenvalue weighted by Crippen LogP contribution is 2.11. The second-order valence-corrected chi connectivity index (χ2v) is 4.59. The van der Waals surface area contributed by atoms with Gasteiger partial charge in [-0.3, -0.25) is 9.89 Å². The van der Waals surface area contributed by atoms with Crippen LogP contribution in [0.5, 0.6) is 0 Å². The monoisotopic (exact) mass is 282 g/mol. The molecule has 0 atom stereocenters. The first kappa shape index (κ1) is 13.0. The number of amides is 1. The number of carbonyl (C=O) groups excluding carboxylic acids is 1. The van der Waals surface area contributed by atoms with E-state index in [0.29, 0.717) is 17.9 Å². The number of nitrogens with zero attached hydrogens (tertiary/aromatic N) is 5. The molecule has 7 heteroatoms. The maximum absolute atomic E-state index is 12.3. The Morgan fingerprint density at radius 3 is 2.76 bits per heavy atom. The number of benzene rings is 1. The van der Waals surface area contributed by atoms with Crippen molar-refractivity contribution in [2.45, 2.75) is 6.54 Å². The molecule has 1 aromatic carbocycles. The number of carbonyl (C=O) groups is 1. The Labute approximate surface area is 121 Å². The predicted molar refractivity (Wildman–Crippen MR) is 75.7 cm³/mol. The van der Waals surface area contributed by atoms with E-state index in [4.69, 9.17) is 0 Å². The van der Waals surface area contributed by atoms with E-state index in [9.17, 15) is 4.79 Å². The molecule has 0 radical (unpaired) electrons. The molecule has 21 heavy (non-hydrogen) atoms. The molecular formula is C14H14N6O. The van der Waals surface area contributed by atoms with Crippen molar-refractivity contribution >= 4 is 5.91 Å². The van der Waals surface area contributed by atoms with Gasteiger partial charge < -0.3 is 4.90 Å². The number of aromatic nitrogens is 5. The Kier molecular flexibility index (Phi) is 3.46. The molecule has 0 aliphatic rings. The van der Waals surface area contributed by atoms with Crippen molar-refractivity contribution in [3.05, 3.63) is 60.4 Å². The summed E-state index contributed by atoms with van der Waals surface area (Å²) < 4.78 is 1.74. The molecule has 0 spiro atoms. The minimum Gasteiger partial charge on any atom is -0.334 e. The van der Waals surface area contributed by atoms with Gasteiger partial charge in [-0.1, -0.05) is 0 Å². The third-order valence-corrected chi connectivity index (χ3v) is 3.08. The quantitative estimate of drug-likeness (QED) is 0.781. The van der Waals surface area contributed by atoms with Gasteiger partial charge in [-0.25, -0.2) is 9.67 Å². The number of H-pyrrole nitrogens is 1. The van der Waals surface area contributed by atoms with Crippen LogP contribution in [0.1, 0.15) is 16.2 Å². The van der Waals surface area contributed by atoms with E-state index in [-0.39, 0.29) is 5.91 Å². The van der Waals surface area contributed by atoms with Gasteiger partial charge in [0, 0.05) is 25.0 Å². The largest absolute Gasteiger partial charge is 0.334 e. The summed E-state index contributed by atoms with van der Waals surface area (Å²) >= 11 is 0.